The van der Waals surface area contributed by atoms with Crippen LogP contribution in [0.15, 0.2) is 60.9 Å². The molecular weight excluding hydrogens is 411 g/mol. The van der Waals surface area contributed by atoms with Crippen LogP contribution in [0, 0.1) is 0 Å². The number of carboxylic acids is 1. The van der Waals surface area contributed by atoms with E-state index in [9.17, 15) is 23.1 Å². The molecule has 1 N–H and O–H groups in total. The first kappa shape index (κ1) is 20.6. The van der Waals surface area contributed by atoms with Gasteiger partial charge < -0.3 is 14.7 Å². The first-order valence-corrected chi connectivity index (χ1v) is 9.55. The molecule has 1 atom stereocenters. The predicted molar refractivity (Wildman–Crippen MR) is 107 cm³/mol. The van der Waals surface area contributed by atoms with Gasteiger partial charge in [0.25, 0.3) is 0 Å². The Balaban J connectivity index is 1.49. The third-order valence-corrected chi connectivity index (χ3v) is 5.00. The quantitative estimate of drug-likeness (QED) is 0.643. The Morgan fingerprint density at radius 3 is 2.48 bits per heavy atom. The molecule has 9 heteroatoms. The summed E-state index contributed by atoms with van der Waals surface area (Å²) in [7, 11) is 0. The molecule has 1 aliphatic heterocycles. The highest BCUT2D eigenvalue weighted by atomic mass is 19.4. The van der Waals surface area contributed by atoms with Gasteiger partial charge in [-0.25, -0.2) is 14.8 Å². The van der Waals surface area contributed by atoms with E-state index in [1.54, 1.807) is 17.2 Å². The lowest BCUT2D eigenvalue weighted by molar-refractivity contribution is -0.137. The Bertz CT molecular complexity index is 1070. The highest BCUT2D eigenvalue weighted by molar-refractivity contribution is 5.95. The topological polar surface area (TPSA) is 75.5 Å². The van der Waals surface area contributed by atoms with Crippen molar-refractivity contribution >= 4 is 11.8 Å². The summed E-state index contributed by atoms with van der Waals surface area (Å²) in [5.41, 5.74) is 0.791. The summed E-state index contributed by atoms with van der Waals surface area (Å²) in [6.45, 7) is 0.851. The number of benzene rings is 1. The smallest absolute Gasteiger partial charge is 0.417 e. The molecule has 1 aliphatic rings. The lowest BCUT2D eigenvalue weighted by Crippen LogP contribution is -2.27. The second-order valence-corrected chi connectivity index (χ2v) is 7.12. The largest absolute Gasteiger partial charge is 0.478 e. The number of carbonyl (C=O) groups is 1. The van der Waals surface area contributed by atoms with E-state index in [2.05, 4.69) is 9.97 Å². The summed E-state index contributed by atoms with van der Waals surface area (Å²) in [6.07, 6.45) is -1.89. The molecule has 4 rings (SSSR count). The molecule has 0 radical (unpaired) electrons. The van der Waals surface area contributed by atoms with E-state index < -0.39 is 17.7 Å². The van der Waals surface area contributed by atoms with Crippen molar-refractivity contribution in [1.82, 2.24) is 9.97 Å². The molecule has 0 saturated carbocycles. The van der Waals surface area contributed by atoms with Gasteiger partial charge in [-0.2, -0.15) is 13.2 Å². The second-order valence-electron chi connectivity index (χ2n) is 7.12. The number of pyridine rings is 2. The summed E-state index contributed by atoms with van der Waals surface area (Å²) in [4.78, 5) is 21.8. The summed E-state index contributed by atoms with van der Waals surface area (Å²) in [5.74, 6) is -0.668. The maximum atomic E-state index is 12.7. The number of hydrogen-bond donors (Lipinski definition) is 1. The third kappa shape index (κ3) is 4.60. The van der Waals surface area contributed by atoms with E-state index in [1.165, 1.54) is 6.07 Å². The first-order chi connectivity index (χ1) is 14.8. The molecule has 3 aromatic rings. The van der Waals surface area contributed by atoms with E-state index >= 15 is 0 Å². The van der Waals surface area contributed by atoms with Gasteiger partial charge in [-0.15, -0.1) is 0 Å². The van der Waals surface area contributed by atoms with Crippen molar-refractivity contribution in [1.29, 1.82) is 0 Å². The highest BCUT2D eigenvalue weighted by Crippen LogP contribution is 2.31. The molecule has 2 aromatic heterocycles. The minimum atomic E-state index is -4.46. The van der Waals surface area contributed by atoms with Crippen LogP contribution in [-0.4, -0.2) is 40.2 Å². The number of rotatable bonds is 5. The van der Waals surface area contributed by atoms with E-state index in [0.717, 1.165) is 17.8 Å². The van der Waals surface area contributed by atoms with Crippen molar-refractivity contribution < 1.29 is 27.8 Å². The van der Waals surface area contributed by atoms with E-state index in [-0.39, 0.29) is 17.5 Å². The molecule has 0 amide bonds. The summed E-state index contributed by atoms with van der Waals surface area (Å²) in [5, 5.41) is 9.69. The van der Waals surface area contributed by atoms with E-state index in [0.29, 0.717) is 30.9 Å². The number of anilines is 1. The number of halogens is 3. The molecule has 0 bridgehead atoms. The molecular formula is C22H18F3N3O3. The number of carboxylic acid groups (broad SMARTS) is 1. The van der Waals surface area contributed by atoms with Gasteiger partial charge in [0, 0.05) is 37.0 Å². The maximum Gasteiger partial charge on any atom is 0.417 e. The van der Waals surface area contributed by atoms with Crippen LogP contribution in [0.4, 0.5) is 19.0 Å². The Morgan fingerprint density at radius 1 is 1.06 bits per heavy atom. The summed E-state index contributed by atoms with van der Waals surface area (Å²) < 4.78 is 43.7. The Morgan fingerprint density at radius 2 is 1.84 bits per heavy atom. The van der Waals surface area contributed by atoms with Crippen LogP contribution in [0.1, 0.15) is 22.3 Å². The number of ether oxygens (including phenoxy) is 1. The third-order valence-electron chi connectivity index (χ3n) is 5.00. The zero-order chi connectivity index (χ0) is 22.0. The zero-order valence-corrected chi connectivity index (χ0v) is 16.2. The number of aromatic carboxylic acids is 1. The van der Waals surface area contributed by atoms with Crippen molar-refractivity contribution in [3.05, 3.63) is 72.1 Å². The molecule has 1 fully saturated rings. The fourth-order valence-electron chi connectivity index (χ4n) is 3.46. The number of nitrogens with zero attached hydrogens (tertiary/aromatic N) is 3. The van der Waals surface area contributed by atoms with Crippen LogP contribution < -0.4 is 9.64 Å². The fraction of sp³-hybridized carbons (Fsp3) is 0.227. The second kappa shape index (κ2) is 8.25. The van der Waals surface area contributed by atoms with Crippen LogP contribution >= 0.6 is 0 Å². The van der Waals surface area contributed by atoms with Crippen molar-refractivity contribution in [3.8, 4) is 17.0 Å². The van der Waals surface area contributed by atoms with Gasteiger partial charge in [0.05, 0.1) is 12.1 Å². The zero-order valence-electron chi connectivity index (χ0n) is 16.2. The molecule has 1 aromatic carbocycles. The van der Waals surface area contributed by atoms with Crippen molar-refractivity contribution in [2.75, 3.05) is 18.0 Å². The van der Waals surface area contributed by atoms with Gasteiger partial charge in [0.15, 0.2) is 0 Å². The maximum absolute atomic E-state index is 12.7. The van der Waals surface area contributed by atoms with Crippen molar-refractivity contribution in [2.24, 2.45) is 0 Å². The van der Waals surface area contributed by atoms with E-state index in [1.807, 2.05) is 30.3 Å². The minimum absolute atomic E-state index is 0.0784. The molecule has 6 nitrogen and oxygen atoms in total. The van der Waals surface area contributed by atoms with Gasteiger partial charge in [-0.3, -0.25) is 0 Å². The van der Waals surface area contributed by atoms with Crippen molar-refractivity contribution in [3.63, 3.8) is 0 Å². The van der Waals surface area contributed by atoms with Crippen LogP contribution in [-0.2, 0) is 6.18 Å². The van der Waals surface area contributed by atoms with Crippen LogP contribution in [0.3, 0.4) is 0 Å². The molecule has 0 unspecified atom stereocenters. The molecule has 160 valence electrons. The SMILES string of the molecule is O=C(O)c1cc(-c2ccccc2)cnc1N1CC[C@@H](Oc2ccc(C(F)(F)F)cn2)C1. The van der Waals surface area contributed by atoms with Crippen molar-refractivity contribution in [2.45, 2.75) is 18.7 Å². The lowest BCUT2D eigenvalue weighted by atomic mass is 10.1. The average Bonchev–Trinajstić information content (AvgIpc) is 3.22. The summed E-state index contributed by atoms with van der Waals surface area (Å²) in [6, 6.07) is 13.0. The van der Waals surface area contributed by atoms with Crippen LogP contribution in [0.25, 0.3) is 11.1 Å². The molecule has 3 heterocycles. The van der Waals surface area contributed by atoms with Gasteiger partial charge in [-0.05, 0) is 17.7 Å². The molecule has 31 heavy (non-hydrogen) atoms. The standard InChI is InChI=1S/C22H18F3N3O3/c23-22(24,25)16-6-7-19(26-12-16)31-17-8-9-28(13-17)20-18(21(29)30)10-15(11-27-20)14-4-2-1-3-5-14/h1-7,10-12,17H,8-9,13H2,(H,29,30)/t17-/m1/s1. The molecule has 0 spiro atoms. The summed E-state index contributed by atoms with van der Waals surface area (Å²) >= 11 is 0. The Kier molecular flexibility index (Phi) is 5.50. The molecule has 0 aliphatic carbocycles. The van der Waals surface area contributed by atoms with Gasteiger partial charge in [0.2, 0.25) is 5.88 Å². The Labute approximate surface area is 175 Å². The first-order valence-electron chi connectivity index (χ1n) is 9.55. The number of alkyl halides is 3. The fourth-order valence-corrected chi connectivity index (χ4v) is 3.46. The normalized spacial score (nSPS) is 16.4. The minimum Gasteiger partial charge on any atom is -0.478 e. The van der Waals surface area contributed by atoms with E-state index in [4.69, 9.17) is 4.74 Å². The average molecular weight is 429 g/mol. The Hall–Kier alpha value is -3.62. The number of hydrogen-bond acceptors (Lipinski definition) is 5. The van der Waals surface area contributed by atoms with Crippen LogP contribution in [0.5, 0.6) is 5.88 Å². The molecule has 1 saturated heterocycles. The van der Waals surface area contributed by atoms with Gasteiger partial charge >= 0.3 is 12.1 Å². The predicted octanol–water partition coefficient (Wildman–Crippen LogP) is 4.52. The van der Waals surface area contributed by atoms with Gasteiger partial charge in [-0.1, -0.05) is 30.3 Å². The number of aromatic nitrogens is 2. The lowest BCUT2D eigenvalue weighted by Gasteiger charge is -2.20. The van der Waals surface area contributed by atoms with Gasteiger partial charge in [0.1, 0.15) is 17.5 Å². The highest BCUT2D eigenvalue weighted by Gasteiger charge is 2.32. The monoisotopic (exact) mass is 429 g/mol. The van der Waals surface area contributed by atoms with Crippen LogP contribution in [0.2, 0.25) is 0 Å².